The number of hydrogen-bond acceptors (Lipinski definition) is 3. The maximum atomic E-state index is 5.91. The predicted octanol–water partition coefficient (Wildman–Crippen LogP) is 4.66. The number of nitrogens with one attached hydrogen (secondary N) is 1. The second-order valence-corrected chi connectivity index (χ2v) is 5.50. The molecule has 1 N–H and O–H groups in total. The molecule has 0 aromatic heterocycles. The van der Waals surface area contributed by atoms with Gasteiger partial charge in [0.25, 0.3) is 0 Å². The van der Waals surface area contributed by atoms with Crippen molar-refractivity contribution in [3.05, 3.63) is 54.1 Å². The van der Waals surface area contributed by atoms with Crippen molar-refractivity contribution in [1.29, 1.82) is 0 Å². The number of aryl methyl sites for hydroxylation is 1. The molecule has 0 aliphatic carbocycles. The van der Waals surface area contributed by atoms with Crippen LogP contribution in [-0.2, 0) is 0 Å². The van der Waals surface area contributed by atoms with E-state index in [1.54, 1.807) is 0 Å². The van der Waals surface area contributed by atoms with Crippen molar-refractivity contribution in [1.82, 2.24) is 0 Å². The normalized spacial score (nSPS) is 11.8. The van der Waals surface area contributed by atoms with Gasteiger partial charge in [-0.1, -0.05) is 19.1 Å². The number of anilines is 1. The predicted molar refractivity (Wildman–Crippen MR) is 92.0 cm³/mol. The molecule has 1 atom stereocenters. The van der Waals surface area contributed by atoms with Gasteiger partial charge in [-0.2, -0.15) is 0 Å². The molecule has 0 amide bonds. The van der Waals surface area contributed by atoms with Gasteiger partial charge in [0.05, 0.1) is 13.2 Å². The van der Waals surface area contributed by atoms with E-state index in [-0.39, 0.29) is 6.10 Å². The monoisotopic (exact) mass is 299 g/mol. The SMILES string of the molecule is CCCOc1ccc(NCC(C)Oc2cccc(C)c2)cc1. The zero-order valence-corrected chi connectivity index (χ0v) is 13.6. The van der Waals surface area contributed by atoms with E-state index in [1.807, 2.05) is 36.4 Å². The first-order valence-electron chi connectivity index (χ1n) is 7.87. The summed E-state index contributed by atoms with van der Waals surface area (Å²) in [5.74, 6) is 1.83. The fourth-order valence-electron chi connectivity index (χ4n) is 2.11. The lowest BCUT2D eigenvalue weighted by Crippen LogP contribution is -2.22. The minimum Gasteiger partial charge on any atom is -0.494 e. The smallest absolute Gasteiger partial charge is 0.120 e. The standard InChI is InChI=1S/C19H25NO2/c1-4-12-21-18-10-8-17(9-11-18)20-14-16(3)22-19-7-5-6-15(2)13-19/h5-11,13,16,20H,4,12,14H2,1-3H3. The molecule has 0 aliphatic rings. The van der Waals surface area contributed by atoms with Crippen molar-refractivity contribution < 1.29 is 9.47 Å². The molecule has 2 aromatic carbocycles. The Morgan fingerprint density at radius 1 is 1.05 bits per heavy atom. The van der Waals surface area contributed by atoms with Crippen LogP contribution >= 0.6 is 0 Å². The second-order valence-electron chi connectivity index (χ2n) is 5.50. The number of rotatable bonds is 8. The van der Waals surface area contributed by atoms with E-state index in [9.17, 15) is 0 Å². The Labute approximate surface area is 133 Å². The Morgan fingerprint density at radius 3 is 2.50 bits per heavy atom. The van der Waals surface area contributed by atoms with Gasteiger partial charge in [-0.25, -0.2) is 0 Å². The van der Waals surface area contributed by atoms with Gasteiger partial charge in [-0.15, -0.1) is 0 Å². The van der Waals surface area contributed by atoms with E-state index >= 15 is 0 Å². The molecule has 0 radical (unpaired) electrons. The molecule has 1 unspecified atom stereocenters. The third-order valence-electron chi connectivity index (χ3n) is 3.25. The third kappa shape index (κ3) is 5.32. The third-order valence-corrected chi connectivity index (χ3v) is 3.25. The first-order chi connectivity index (χ1) is 10.7. The average molecular weight is 299 g/mol. The Bertz CT molecular complexity index is 566. The van der Waals surface area contributed by atoms with Crippen molar-refractivity contribution in [2.24, 2.45) is 0 Å². The van der Waals surface area contributed by atoms with Crippen LogP contribution in [0.25, 0.3) is 0 Å². The van der Waals surface area contributed by atoms with Gasteiger partial charge in [-0.05, 0) is 62.2 Å². The minimum absolute atomic E-state index is 0.0952. The zero-order chi connectivity index (χ0) is 15.8. The van der Waals surface area contributed by atoms with E-state index in [0.29, 0.717) is 0 Å². The van der Waals surface area contributed by atoms with E-state index < -0.39 is 0 Å². The van der Waals surface area contributed by atoms with E-state index in [0.717, 1.165) is 36.8 Å². The molecule has 3 nitrogen and oxygen atoms in total. The Balaban J connectivity index is 1.79. The molecule has 0 heterocycles. The molecular weight excluding hydrogens is 274 g/mol. The molecule has 22 heavy (non-hydrogen) atoms. The van der Waals surface area contributed by atoms with E-state index in [2.05, 4.69) is 38.2 Å². The van der Waals surface area contributed by atoms with Crippen LogP contribution in [0.1, 0.15) is 25.8 Å². The summed E-state index contributed by atoms with van der Waals surface area (Å²) in [6, 6.07) is 16.2. The van der Waals surface area contributed by atoms with Crippen LogP contribution in [0.15, 0.2) is 48.5 Å². The van der Waals surface area contributed by atoms with Gasteiger partial charge >= 0.3 is 0 Å². The van der Waals surface area contributed by atoms with Gasteiger partial charge in [0.1, 0.15) is 17.6 Å². The van der Waals surface area contributed by atoms with Crippen LogP contribution in [-0.4, -0.2) is 19.3 Å². The van der Waals surface area contributed by atoms with Gasteiger partial charge in [0.2, 0.25) is 0 Å². The number of benzene rings is 2. The summed E-state index contributed by atoms with van der Waals surface area (Å²) >= 11 is 0. The van der Waals surface area contributed by atoms with Crippen molar-refractivity contribution in [2.75, 3.05) is 18.5 Å². The molecule has 0 saturated carbocycles. The average Bonchev–Trinajstić information content (AvgIpc) is 2.52. The first kappa shape index (κ1) is 16.2. The molecule has 2 rings (SSSR count). The van der Waals surface area contributed by atoms with E-state index in [4.69, 9.17) is 9.47 Å². The summed E-state index contributed by atoms with van der Waals surface area (Å²) in [4.78, 5) is 0. The van der Waals surface area contributed by atoms with Crippen molar-refractivity contribution >= 4 is 5.69 Å². The summed E-state index contributed by atoms with van der Waals surface area (Å²) in [6.07, 6.45) is 1.12. The highest BCUT2D eigenvalue weighted by Crippen LogP contribution is 2.17. The minimum atomic E-state index is 0.0952. The van der Waals surface area contributed by atoms with Crippen LogP contribution in [0.4, 0.5) is 5.69 Å². The summed E-state index contributed by atoms with van der Waals surface area (Å²) in [6.45, 7) is 7.74. The molecule has 0 bridgehead atoms. The molecule has 0 spiro atoms. The van der Waals surface area contributed by atoms with Gasteiger partial charge in [-0.3, -0.25) is 0 Å². The van der Waals surface area contributed by atoms with E-state index in [1.165, 1.54) is 5.56 Å². The molecule has 118 valence electrons. The molecular formula is C19H25NO2. The van der Waals surface area contributed by atoms with Gasteiger partial charge < -0.3 is 14.8 Å². The maximum Gasteiger partial charge on any atom is 0.120 e. The van der Waals surface area contributed by atoms with Crippen LogP contribution in [0.2, 0.25) is 0 Å². The van der Waals surface area contributed by atoms with Crippen LogP contribution in [0.3, 0.4) is 0 Å². The Kier molecular flexibility index (Phi) is 6.13. The quantitative estimate of drug-likeness (QED) is 0.768. The molecule has 0 fully saturated rings. The number of hydrogen-bond donors (Lipinski definition) is 1. The van der Waals surface area contributed by atoms with Crippen LogP contribution in [0, 0.1) is 6.92 Å². The lowest BCUT2D eigenvalue weighted by atomic mass is 10.2. The van der Waals surface area contributed by atoms with Crippen molar-refractivity contribution in [3.63, 3.8) is 0 Å². The van der Waals surface area contributed by atoms with Crippen molar-refractivity contribution in [2.45, 2.75) is 33.3 Å². The summed E-state index contributed by atoms with van der Waals surface area (Å²) in [5, 5.41) is 3.38. The van der Waals surface area contributed by atoms with Gasteiger partial charge in [0.15, 0.2) is 0 Å². The molecule has 2 aromatic rings. The highest BCUT2D eigenvalue weighted by Gasteiger charge is 2.04. The van der Waals surface area contributed by atoms with Crippen LogP contribution in [0.5, 0.6) is 11.5 Å². The van der Waals surface area contributed by atoms with Gasteiger partial charge in [0, 0.05) is 5.69 Å². The lowest BCUT2D eigenvalue weighted by Gasteiger charge is -2.16. The largest absolute Gasteiger partial charge is 0.494 e. The molecule has 3 heteroatoms. The van der Waals surface area contributed by atoms with Crippen molar-refractivity contribution in [3.8, 4) is 11.5 Å². The highest BCUT2D eigenvalue weighted by atomic mass is 16.5. The Hall–Kier alpha value is -2.16. The fraction of sp³-hybridized carbons (Fsp3) is 0.368. The number of ether oxygens (including phenoxy) is 2. The summed E-state index contributed by atoms with van der Waals surface area (Å²) in [5.41, 5.74) is 2.28. The maximum absolute atomic E-state index is 5.91. The van der Waals surface area contributed by atoms with Crippen LogP contribution < -0.4 is 14.8 Å². The topological polar surface area (TPSA) is 30.5 Å². The molecule has 0 aliphatic heterocycles. The molecule has 0 saturated heterocycles. The first-order valence-corrected chi connectivity index (χ1v) is 7.87. The summed E-state index contributed by atoms with van der Waals surface area (Å²) in [7, 11) is 0. The lowest BCUT2D eigenvalue weighted by molar-refractivity contribution is 0.234. The second kappa shape index (κ2) is 8.32. The highest BCUT2D eigenvalue weighted by molar-refractivity contribution is 5.46. The Morgan fingerprint density at radius 2 is 1.82 bits per heavy atom. The fourth-order valence-corrected chi connectivity index (χ4v) is 2.11. The zero-order valence-electron chi connectivity index (χ0n) is 13.6. The summed E-state index contributed by atoms with van der Waals surface area (Å²) < 4.78 is 11.5.